The first-order valence-corrected chi connectivity index (χ1v) is 7.21. The molecule has 1 aromatic rings. The van der Waals surface area contributed by atoms with Crippen molar-refractivity contribution in [2.24, 2.45) is 0 Å². The second-order valence-electron chi connectivity index (χ2n) is 4.68. The summed E-state index contributed by atoms with van der Waals surface area (Å²) >= 11 is 0. The molecule has 1 aromatic carbocycles. The Labute approximate surface area is 125 Å². The monoisotopic (exact) mass is 293 g/mol. The Morgan fingerprint density at radius 1 is 1.10 bits per heavy atom. The molecule has 0 heterocycles. The van der Waals surface area contributed by atoms with Crippen LogP contribution in [-0.2, 0) is 9.53 Å². The summed E-state index contributed by atoms with van der Waals surface area (Å²) in [6.07, 6.45) is 1.71. The van der Waals surface area contributed by atoms with Gasteiger partial charge in [-0.15, -0.1) is 0 Å². The Hall–Kier alpha value is -2.04. The molecule has 0 saturated heterocycles. The zero-order chi connectivity index (χ0) is 15.7. The Kier molecular flexibility index (Phi) is 7.29. The number of hydrogen-bond acceptors (Lipinski definition) is 4. The fourth-order valence-corrected chi connectivity index (χ4v) is 1.84. The van der Waals surface area contributed by atoms with Gasteiger partial charge in [-0.05, 0) is 37.1 Å². The highest BCUT2D eigenvalue weighted by Crippen LogP contribution is 2.14. The van der Waals surface area contributed by atoms with Crippen LogP contribution in [0.5, 0.6) is 5.75 Å². The minimum atomic E-state index is -0.417. The molecule has 0 atom stereocenters. The summed E-state index contributed by atoms with van der Waals surface area (Å²) in [6, 6.07) is 6.97. The number of ether oxygens (including phenoxy) is 2. The summed E-state index contributed by atoms with van der Waals surface area (Å²) in [6.45, 7) is 5.13. The van der Waals surface area contributed by atoms with E-state index in [1.807, 2.05) is 13.8 Å². The van der Waals surface area contributed by atoms with E-state index in [4.69, 9.17) is 4.74 Å². The number of benzene rings is 1. The molecule has 1 rings (SSSR count). The van der Waals surface area contributed by atoms with E-state index in [1.165, 1.54) is 12.0 Å². The summed E-state index contributed by atoms with van der Waals surface area (Å²) in [7, 11) is 1.32. The summed E-state index contributed by atoms with van der Waals surface area (Å²) < 4.78 is 10.1. The highest BCUT2D eigenvalue weighted by Gasteiger charge is 2.18. The largest absolute Gasteiger partial charge is 0.494 e. The normalized spacial score (nSPS) is 10.0. The number of rotatable bonds is 8. The zero-order valence-corrected chi connectivity index (χ0v) is 12.9. The van der Waals surface area contributed by atoms with Gasteiger partial charge in [-0.25, -0.2) is 0 Å². The van der Waals surface area contributed by atoms with Crippen molar-refractivity contribution < 1.29 is 19.1 Å². The van der Waals surface area contributed by atoms with Crippen molar-refractivity contribution in [1.29, 1.82) is 0 Å². The molecule has 0 N–H and O–H groups in total. The predicted octanol–water partition coefficient (Wildman–Crippen LogP) is 2.50. The van der Waals surface area contributed by atoms with Crippen LogP contribution in [0.4, 0.5) is 0 Å². The number of hydrogen-bond donors (Lipinski definition) is 0. The van der Waals surface area contributed by atoms with Gasteiger partial charge in [0.1, 0.15) is 12.3 Å². The third-order valence-electron chi connectivity index (χ3n) is 2.90. The molecule has 0 aromatic heterocycles. The maximum atomic E-state index is 12.4. The fourth-order valence-electron chi connectivity index (χ4n) is 1.84. The molecule has 0 unspecified atom stereocenters. The molecule has 0 saturated carbocycles. The van der Waals surface area contributed by atoms with Gasteiger partial charge in [-0.2, -0.15) is 0 Å². The van der Waals surface area contributed by atoms with Crippen LogP contribution in [0.3, 0.4) is 0 Å². The van der Waals surface area contributed by atoms with Crippen molar-refractivity contribution in [1.82, 2.24) is 4.90 Å². The summed E-state index contributed by atoms with van der Waals surface area (Å²) in [5, 5.41) is 0. The first-order chi connectivity index (χ1) is 10.1. The smallest absolute Gasteiger partial charge is 0.325 e. The van der Waals surface area contributed by atoms with E-state index in [2.05, 4.69) is 4.74 Å². The average molecular weight is 293 g/mol. The lowest BCUT2D eigenvalue weighted by molar-refractivity contribution is -0.141. The first-order valence-electron chi connectivity index (χ1n) is 7.21. The maximum Gasteiger partial charge on any atom is 0.325 e. The highest BCUT2D eigenvalue weighted by atomic mass is 16.5. The average Bonchev–Trinajstić information content (AvgIpc) is 2.52. The number of carbonyl (C=O) groups excluding carboxylic acids is 2. The molecule has 0 bridgehead atoms. The van der Waals surface area contributed by atoms with Crippen molar-refractivity contribution in [3.8, 4) is 5.75 Å². The fraction of sp³-hybridized carbons (Fsp3) is 0.500. The molecular formula is C16H23NO4. The van der Waals surface area contributed by atoms with Crippen LogP contribution in [0.2, 0.25) is 0 Å². The van der Waals surface area contributed by atoms with Crippen LogP contribution in [0.1, 0.15) is 37.0 Å². The summed E-state index contributed by atoms with van der Waals surface area (Å²) in [4.78, 5) is 25.3. The number of amides is 1. The molecular weight excluding hydrogens is 270 g/mol. The Morgan fingerprint density at radius 3 is 2.29 bits per heavy atom. The van der Waals surface area contributed by atoms with Gasteiger partial charge in [-0.3, -0.25) is 9.59 Å². The molecule has 0 aliphatic carbocycles. The van der Waals surface area contributed by atoms with Gasteiger partial charge >= 0.3 is 5.97 Å². The van der Waals surface area contributed by atoms with Crippen molar-refractivity contribution in [3.05, 3.63) is 29.8 Å². The number of carbonyl (C=O) groups is 2. The lowest BCUT2D eigenvalue weighted by Gasteiger charge is -2.20. The third kappa shape index (κ3) is 5.45. The molecule has 1 amide bonds. The molecule has 0 spiro atoms. The van der Waals surface area contributed by atoms with Crippen molar-refractivity contribution in [2.45, 2.75) is 26.7 Å². The van der Waals surface area contributed by atoms with Gasteiger partial charge in [0, 0.05) is 12.1 Å². The number of methoxy groups -OCH3 is 1. The van der Waals surface area contributed by atoms with Crippen molar-refractivity contribution >= 4 is 11.9 Å². The molecule has 0 fully saturated rings. The SMILES string of the molecule is CCCOc1ccc(C(=O)N(CCC)CC(=O)OC)cc1. The highest BCUT2D eigenvalue weighted by molar-refractivity contribution is 5.96. The van der Waals surface area contributed by atoms with Gasteiger partial charge in [-0.1, -0.05) is 13.8 Å². The lowest BCUT2D eigenvalue weighted by atomic mass is 10.2. The van der Waals surface area contributed by atoms with Crippen LogP contribution in [0, 0.1) is 0 Å². The molecule has 5 nitrogen and oxygen atoms in total. The second kappa shape index (κ2) is 9.00. The molecule has 0 radical (unpaired) electrons. The van der Waals surface area contributed by atoms with Crippen LogP contribution in [0.25, 0.3) is 0 Å². The van der Waals surface area contributed by atoms with E-state index in [0.29, 0.717) is 18.7 Å². The maximum absolute atomic E-state index is 12.4. The summed E-state index contributed by atoms with van der Waals surface area (Å²) in [5.74, 6) is 0.146. The quantitative estimate of drug-likeness (QED) is 0.691. The minimum Gasteiger partial charge on any atom is -0.494 e. The molecule has 21 heavy (non-hydrogen) atoms. The minimum absolute atomic E-state index is 0.0305. The zero-order valence-electron chi connectivity index (χ0n) is 12.9. The Bertz CT molecular complexity index is 456. The van der Waals surface area contributed by atoms with E-state index in [9.17, 15) is 9.59 Å². The molecule has 5 heteroatoms. The van der Waals surface area contributed by atoms with Crippen molar-refractivity contribution in [3.63, 3.8) is 0 Å². The molecule has 0 aliphatic rings. The summed E-state index contributed by atoms with van der Waals surface area (Å²) in [5.41, 5.74) is 0.538. The van der Waals surface area contributed by atoms with Gasteiger partial charge in [0.05, 0.1) is 13.7 Å². The standard InChI is InChI=1S/C16H23NO4/c1-4-10-17(12-15(18)20-3)16(19)13-6-8-14(9-7-13)21-11-5-2/h6-9H,4-5,10-12H2,1-3H3. The Balaban J connectivity index is 2.75. The number of esters is 1. The van der Waals surface area contributed by atoms with E-state index in [-0.39, 0.29) is 12.5 Å². The third-order valence-corrected chi connectivity index (χ3v) is 2.90. The Morgan fingerprint density at radius 2 is 1.76 bits per heavy atom. The van der Waals surface area contributed by atoms with Gasteiger partial charge < -0.3 is 14.4 Å². The lowest BCUT2D eigenvalue weighted by Crippen LogP contribution is -2.36. The van der Waals surface area contributed by atoms with Crippen LogP contribution < -0.4 is 4.74 Å². The second-order valence-corrected chi connectivity index (χ2v) is 4.68. The van der Waals surface area contributed by atoms with Gasteiger partial charge in [0.25, 0.3) is 5.91 Å². The van der Waals surface area contributed by atoms with Crippen LogP contribution >= 0.6 is 0 Å². The van der Waals surface area contributed by atoms with E-state index < -0.39 is 5.97 Å². The van der Waals surface area contributed by atoms with Crippen LogP contribution in [-0.4, -0.2) is 43.6 Å². The first kappa shape index (κ1) is 17.0. The van der Waals surface area contributed by atoms with E-state index >= 15 is 0 Å². The predicted molar refractivity (Wildman–Crippen MR) is 80.4 cm³/mol. The molecule has 116 valence electrons. The van der Waals surface area contributed by atoms with Gasteiger partial charge in [0.15, 0.2) is 0 Å². The topological polar surface area (TPSA) is 55.8 Å². The van der Waals surface area contributed by atoms with Crippen LogP contribution in [0.15, 0.2) is 24.3 Å². The van der Waals surface area contributed by atoms with E-state index in [0.717, 1.165) is 18.6 Å². The van der Waals surface area contributed by atoms with E-state index in [1.54, 1.807) is 24.3 Å². The molecule has 0 aliphatic heterocycles. The number of nitrogens with zero attached hydrogens (tertiary/aromatic N) is 1. The van der Waals surface area contributed by atoms with Gasteiger partial charge in [0.2, 0.25) is 0 Å². The van der Waals surface area contributed by atoms with Crippen molar-refractivity contribution in [2.75, 3.05) is 26.8 Å².